The van der Waals surface area contributed by atoms with Crippen LogP contribution in [0.25, 0.3) is 11.0 Å². The van der Waals surface area contributed by atoms with Crippen LogP contribution < -0.4 is 26.7 Å². The zero-order valence-corrected chi connectivity index (χ0v) is 35.6. The minimum absolute atomic E-state index is 0.0147. The van der Waals surface area contributed by atoms with E-state index in [-0.39, 0.29) is 67.0 Å². The normalized spacial score (nSPS) is 32.1. The number of amides is 1. The molecular formula is C44H54N4O9S2. The van der Waals surface area contributed by atoms with E-state index in [1.165, 1.54) is 0 Å². The molecule has 8 rings (SSSR count). The highest BCUT2D eigenvalue weighted by Crippen LogP contribution is 2.58. The Morgan fingerprint density at radius 2 is 2.07 bits per heavy atom. The van der Waals surface area contributed by atoms with Gasteiger partial charge in [-0.25, -0.2) is 9.59 Å². The molecule has 9 unspecified atom stereocenters. The Balaban J connectivity index is 1.26. The van der Waals surface area contributed by atoms with Crippen LogP contribution in [0.5, 0.6) is 5.75 Å². The summed E-state index contributed by atoms with van der Waals surface area (Å²) in [4.78, 5) is 55.9. The van der Waals surface area contributed by atoms with Crippen LogP contribution in [0.3, 0.4) is 0 Å². The van der Waals surface area contributed by atoms with Crippen molar-refractivity contribution in [2.45, 2.75) is 87.8 Å². The summed E-state index contributed by atoms with van der Waals surface area (Å²) in [5.74, 6) is 0.348. The van der Waals surface area contributed by atoms with E-state index in [1.54, 1.807) is 53.6 Å². The van der Waals surface area contributed by atoms with Gasteiger partial charge in [-0.05, 0) is 87.9 Å². The van der Waals surface area contributed by atoms with Gasteiger partial charge in [0.25, 0.3) is 0 Å². The first kappa shape index (κ1) is 41.7. The second kappa shape index (κ2) is 16.4. The van der Waals surface area contributed by atoms with Crippen molar-refractivity contribution in [3.63, 3.8) is 0 Å². The Kier molecular flexibility index (Phi) is 11.6. The maximum absolute atomic E-state index is 14.5. The molecule has 2 aromatic rings. The molecule has 13 nitrogen and oxygen atoms in total. The molecule has 2 aliphatic carbocycles. The van der Waals surface area contributed by atoms with Gasteiger partial charge in [-0.15, -0.1) is 0 Å². The van der Waals surface area contributed by atoms with Crippen LogP contribution >= 0.6 is 21.6 Å². The average molecular weight is 847 g/mol. The molecule has 1 saturated carbocycles. The monoisotopic (exact) mass is 846 g/mol. The molecule has 1 amide bonds. The molecule has 9 atom stereocenters. The molecule has 59 heavy (non-hydrogen) atoms. The lowest BCUT2D eigenvalue weighted by atomic mass is 9.61. The molecule has 6 aliphatic rings. The Bertz CT molecular complexity index is 2240. The average Bonchev–Trinajstić information content (AvgIpc) is 3.57. The lowest BCUT2D eigenvalue weighted by Gasteiger charge is -2.58. The van der Waals surface area contributed by atoms with E-state index in [0.29, 0.717) is 78.2 Å². The van der Waals surface area contributed by atoms with Crippen molar-refractivity contribution in [1.82, 2.24) is 15.5 Å². The minimum atomic E-state index is -1.22. The molecule has 1 aromatic heterocycles. The highest BCUT2D eigenvalue weighted by atomic mass is 33.1. The number of rotatable bonds is 9. The topological polar surface area (TPSA) is 194 Å². The number of esters is 1. The predicted octanol–water partition coefficient (Wildman–Crippen LogP) is 3.70. The number of nitrogens with zero attached hydrogens (tertiary/aromatic N) is 1. The smallest absolute Gasteiger partial charge is 0.339 e. The van der Waals surface area contributed by atoms with Crippen LogP contribution in [-0.4, -0.2) is 101 Å². The van der Waals surface area contributed by atoms with Crippen LogP contribution in [-0.2, 0) is 32.0 Å². The van der Waals surface area contributed by atoms with Crippen molar-refractivity contribution in [2.75, 3.05) is 39.1 Å². The summed E-state index contributed by atoms with van der Waals surface area (Å²) in [6.07, 6.45) is 8.96. The van der Waals surface area contributed by atoms with E-state index in [0.717, 1.165) is 28.6 Å². The maximum atomic E-state index is 14.5. The molecule has 4 aliphatic heterocycles. The van der Waals surface area contributed by atoms with Gasteiger partial charge >= 0.3 is 11.6 Å². The molecule has 0 bridgehead atoms. The number of hydrogen-bond acceptors (Lipinski definition) is 14. The summed E-state index contributed by atoms with van der Waals surface area (Å²) < 4.78 is 19.8. The van der Waals surface area contributed by atoms with Gasteiger partial charge in [0.05, 0.1) is 24.2 Å². The third kappa shape index (κ3) is 7.24. The van der Waals surface area contributed by atoms with Crippen LogP contribution in [0.4, 0.5) is 0 Å². The number of hydrogen-bond donors (Lipinski definition) is 5. The number of benzene rings is 1. The van der Waals surface area contributed by atoms with Crippen LogP contribution in [0.1, 0.15) is 57.6 Å². The van der Waals surface area contributed by atoms with Crippen molar-refractivity contribution < 1.29 is 38.5 Å². The van der Waals surface area contributed by atoms with E-state index >= 15 is 0 Å². The number of allylic oxidation sites excluding steroid dienone is 2. The third-order valence-corrected chi connectivity index (χ3v) is 16.6. The standard InChI is InChI=1S/C44H54N4O9S2/c1-5-23(2)41(53)57-43(3)8-6-25-22-58-59-35-13-30(21-51)39(46-4)32-19-48(40(32)35)37(52)14-29-18-47-36(45)15-31(29)38(25)44(43)17-28-12-26-11-27(10-24(20-50)7-9-49)42(54)55-33(26)16-34(28)56-44/h5-6,11-12,15-16,21,24,30,32,35,38-40,46-47,49-50H,7-10,13-14,17-20,22,45H2,1-4H3. The molecule has 15 heteroatoms. The Labute approximate surface area is 351 Å². The highest BCUT2D eigenvalue weighted by Gasteiger charge is 2.64. The fraction of sp³-hybridized carbons (Fsp3) is 0.545. The molecule has 1 saturated heterocycles. The second-order valence-corrected chi connectivity index (χ2v) is 19.7. The zero-order chi connectivity index (χ0) is 41.8. The number of carbonyl (C=O) groups excluding carboxylic acids is 3. The van der Waals surface area contributed by atoms with Gasteiger partial charge in [0, 0.05) is 90.6 Å². The Hall–Kier alpha value is -4.02. The van der Waals surface area contributed by atoms with Gasteiger partial charge in [-0.3, -0.25) is 4.79 Å². The summed E-state index contributed by atoms with van der Waals surface area (Å²) in [5.41, 5.74) is 8.44. The van der Waals surface area contributed by atoms with Gasteiger partial charge in [0.1, 0.15) is 17.6 Å². The number of aldehydes is 1. The van der Waals surface area contributed by atoms with Gasteiger partial charge in [0.2, 0.25) is 5.91 Å². The van der Waals surface area contributed by atoms with Gasteiger partial charge in [-0.1, -0.05) is 39.3 Å². The van der Waals surface area contributed by atoms with Crippen molar-refractivity contribution in [3.05, 3.63) is 86.1 Å². The van der Waals surface area contributed by atoms with Crippen LogP contribution in [0.2, 0.25) is 0 Å². The molecular weight excluding hydrogens is 793 g/mol. The van der Waals surface area contributed by atoms with Crippen molar-refractivity contribution in [1.29, 1.82) is 0 Å². The number of aliphatic hydroxyl groups excluding tert-OH is 2. The van der Waals surface area contributed by atoms with Crippen molar-refractivity contribution in [3.8, 4) is 5.75 Å². The van der Waals surface area contributed by atoms with E-state index in [9.17, 15) is 29.4 Å². The SMILES string of the molecule is CC=C(C)C(=O)OC1(C)CC=C2CSSC3CC(C=O)C(NC)C4CN(C(=O)CC5=C(C=C(N)NC5)C2C12Cc1cc5cc(CC(CO)CCO)c(=O)oc5cc1O2)C34. The number of aliphatic hydroxyl groups is 2. The first-order valence-corrected chi connectivity index (χ1v) is 22.9. The second-order valence-electron chi connectivity index (χ2n) is 17.1. The summed E-state index contributed by atoms with van der Waals surface area (Å²) in [5, 5.41) is 26.8. The summed E-state index contributed by atoms with van der Waals surface area (Å²) in [7, 11) is 5.36. The molecule has 1 aromatic carbocycles. The quantitative estimate of drug-likeness (QED) is 0.0613. The molecule has 6 N–H and O–H groups in total. The Morgan fingerprint density at radius 1 is 1.25 bits per heavy atom. The van der Waals surface area contributed by atoms with Gasteiger partial charge in [-0.2, -0.15) is 0 Å². The fourth-order valence-electron chi connectivity index (χ4n) is 10.4. The van der Waals surface area contributed by atoms with Crippen LogP contribution in [0.15, 0.2) is 73.8 Å². The fourth-order valence-corrected chi connectivity index (χ4v) is 13.5. The summed E-state index contributed by atoms with van der Waals surface area (Å²) in [6, 6.07) is 5.51. The number of carbonyl (C=O) groups is 3. The number of fused-ring (bicyclic) bond motifs is 5. The van der Waals surface area contributed by atoms with Gasteiger partial charge < -0.3 is 50.2 Å². The van der Waals surface area contributed by atoms with Crippen molar-refractivity contribution in [2.24, 2.45) is 29.4 Å². The molecule has 316 valence electrons. The number of ether oxygens (including phenoxy) is 2. The molecule has 1 spiro atoms. The summed E-state index contributed by atoms with van der Waals surface area (Å²) in [6.45, 7) is 6.09. The lowest BCUT2D eigenvalue weighted by Crippen LogP contribution is -2.71. The minimum Gasteiger partial charge on any atom is -0.481 e. The van der Waals surface area contributed by atoms with Crippen LogP contribution in [0, 0.1) is 23.7 Å². The largest absolute Gasteiger partial charge is 0.481 e. The number of dihydropyridines is 1. The lowest BCUT2D eigenvalue weighted by molar-refractivity contribution is -0.186. The number of nitrogens with two attached hydrogens (primary N) is 1. The first-order valence-electron chi connectivity index (χ1n) is 20.6. The third-order valence-electron chi connectivity index (χ3n) is 13.8. The predicted molar refractivity (Wildman–Crippen MR) is 227 cm³/mol. The number of nitrogens with one attached hydrogen (secondary N) is 2. The van der Waals surface area contributed by atoms with E-state index in [2.05, 4.69) is 16.7 Å². The molecule has 0 radical (unpaired) electrons. The Morgan fingerprint density at radius 3 is 2.80 bits per heavy atom. The van der Waals surface area contributed by atoms with E-state index in [4.69, 9.17) is 19.6 Å². The van der Waals surface area contributed by atoms with E-state index < -0.39 is 28.7 Å². The maximum Gasteiger partial charge on any atom is 0.339 e. The first-order chi connectivity index (χ1) is 28.4. The molecule has 2 fully saturated rings. The van der Waals surface area contributed by atoms with Crippen molar-refractivity contribution >= 4 is 50.7 Å². The zero-order valence-electron chi connectivity index (χ0n) is 34.0. The van der Waals surface area contributed by atoms with Gasteiger partial charge in [0.15, 0.2) is 11.2 Å². The molecule has 5 heterocycles. The summed E-state index contributed by atoms with van der Waals surface area (Å²) >= 11 is 0. The highest BCUT2D eigenvalue weighted by molar-refractivity contribution is 8.77. The van der Waals surface area contributed by atoms with E-state index in [1.807, 2.05) is 31.0 Å².